The number of ether oxygens (including phenoxy) is 1. The summed E-state index contributed by atoms with van der Waals surface area (Å²) >= 11 is 3.64. The summed E-state index contributed by atoms with van der Waals surface area (Å²) in [6.45, 7) is 12.4. The number of amides is 2. The number of hydrogen-bond donors (Lipinski definition) is 11. The zero-order chi connectivity index (χ0) is 54.4. The third-order valence-electron chi connectivity index (χ3n) is 14.6. The summed E-state index contributed by atoms with van der Waals surface area (Å²) in [7, 11) is 20.8. The Morgan fingerprint density at radius 2 is 0.855 bits per heavy atom. The Hall–Kier alpha value is -0.481. The molecule has 0 radical (unpaired) electrons. The zero-order valence-corrected chi connectivity index (χ0v) is 51.6. The number of fused-ring (bicyclic) bond motifs is 8. The van der Waals surface area contributed by atoms with Crippen LogP contribution in [0.25, 0.3) is 0 Å². The van der Waals surface area contributed by atoms with Crippen LogP contribution in [0.2, 0.25) is 0 Å². The van der Waals surface area contributed by atoms with Gasteiger partial charge in [-0.15, -0.1) is 23.5 Å². The molecular weight excluding hydrogens is 1170 g/mol. The molecule has 8 atom stereocenters. The number of nitrogens with zero attached hydrogens (tertiary/aromatic N) is 2. The molecule has 2 amide bonds. The van der Waals surface area contributed by atoms with Crippen LogP contribution in [0.5, 0.6) is 0 Å². The van der Waals surface area contributed by atoms with Gasteiger partial charge < -0.3 is 63.6 Å². The van der Waals surface area contributed by atoms with Crippen LogP contribution in [0, 0.1) is 0 Å². The Morgan fingerprint density at radius 3 is 1.14 bits per heavy atom. The molecule has 4 saturated carbocycles. The molecule has 4 fully saturated rings. The van der Waals surface area contributed by atoms with Gasteiger partial charge >= 0.3 is 72.7 Å². The van der Waals surface area contributed by atoms with Gasteiger partial charge in [-0.3, -0.25) is 9.97 Å². The first-order valence-corrected chi connectivity index (χ1v) is 36.0. The fraction of sp³-hybridized carbons (Fsp3) is 0.750. The minimum atomic E-state index is -0.147. The molecule has 0 aromatic carbocycles. The van der Waals surface area contributed by atoms with Crippen molar-refractivity contribution in [1.29, 1.82) is 0 Å². The van der Waals surface area contributed by atoms with Crippen molar-refractivity contribution >= 4 is 75.9 Å². The number of urea groups is 1. The normalized spacial score (nSPS) is 26.1. The first kappa shape index (κ1) is 68.0. The number of nitrogens with one attached hydrogen (secondary N) is 10. The van der Waals surface area contributed by atoms with Gasteiger partial charge in [-0.25, -0.2) is 9.59 Å². The minimum absolute atomic E-state index is 0.00694. The van der Waals surface area contributed by atoms with Crippen molar-refractivity contribution in [3.05, 3.63) is 53.6 Å². The van der Waals surface area contributed by atoms with E-state index in [9.17, 15) is 4.79 Å². The maximum atomic E-state index is 11.9. The molecule has 0 saturated heterocycles. The SMILES string of the molecule is C=C=O.COCCNC(=O)NCCSc1cc2nc(c1)CN[C@@H]1CCCC[C@H]1NCCN[C@@H]1CCCC[C@H]1NC2.NCCSc1cc2nc(c1)CN[C@@H]1CCCC[C@H]1NCCN[C@@H]1CCCC[C@H]1NC2.[Cl][Mn][Cl].[Cl][Mn][Cl]. The number of pyridine rings is 2. The fourth-order valence-corrected chi connectivity index (χ4v) is 12.7. The predicted octanol–water partition coefficient (Wildman–Crippen LogP) is 7.00. The van der Waals surface area contributed by atoms with Gasteiger partial charge in [0, 0.05) is 149 Å². The molecule has 434 valence electrons. The van der Waals surface area contributed by atoms with Crippen LogP contribution in [-0.4, -0.2) is 141 Å². The molecule has 12 N–H and O–H groups in total. The number of aromatic nitrogens is 2. The van der Waals surface area contributed by atoms with E-state index in [2.05, 4.69) is 84.0 Å². The first-order valence-electron chi connectivity index (χ1n) is 27.5. The van der Waals surface area contributed by atoms with Gasteiger partial charge in [-0.05, 0) is 82.2 Å². The molecule has 8 rings (SSSR count). The van der Waals surface area contributed by atoms with Crippen molar-refractivity contribution in [2.45, 2.75) is 187 Å². The second-order valence-electron chi connectivity index (χ2n) is 19.8. The molecule has 4 heterocycles. The van der Waals surface area contributed by atoms with Crippen molar-refractivity contribution < 1.29 is 40.6 Å². The molecule has 76 heavy (non-hydrogen) atoms. The van der Waals surface area contributed by atoms with E-state index in [0.717, 1.165) is 86.6 Å². The summed E-state index contributed by atoms with van der Waals surface area (Å²) in [5, 5.41) is 36.4. The fourth-order valence-electron chi connectivity index (χ4n) is 11.1. The predicted molar refractivity (Wildman–Crippen MR) is 311 cm³/mol. The van der Waals surface area contributed by atoms with Crippen LogP contribution in [0.3, 0.4) is 0 Å². The summed E-state index contributed by atoms with van der Waals surface area (Å²) < 4.78 is 4.97. The summed E-state index contributed by atoms with van der Waals surface area (Å²) in [4.78, 5) is 33.0. The number of carbonyl (C=O) groups is 1. The Morgan fingerprint density at radius 1 is 0.579 bits per heavy atom. The topological polar surface area (TPSA) is 215 Å². The molecule has 16 nitrogen and oxygen atoms in total. The average molecular weight is 1260 g/mol. The van der Waals surface area contributed by atoms with E-state index in [-0.39, 0.29) is 32.3 Å². The molecule has 2 aliphatic heterocycles. The van der Waals surface area contributed by atoms with Gasteiger partial charge in [-0.1, -0.05) is 51.4 Å². The van der Waals surface area contributed by atoms with Crippen LogP contribution < -0.4 is 58.9 Å². The Kier molecular flexibility index (Phi) is 38.7. The molecule has 2 aromatic rings. The second kappa shape index (κ2) is 43.2. The van der Waals surface area contributed by atoms with E-state index < -0.39 is 0 Å². The quantitative estimate of drug-likeness (QED) is 0.0500. The molecule has 6 aliphatic rings. The monoisotopic (exact) mass is 1260 g/mol. The molecule has 2 aromatic heterocycles. The number of hydrogen-bond acceptors (Lipinski definition) is 16. The standard InChI is InChI=1S/C27H47N7O2S.C23H40N6S.C2H2O.4ClH.2Mn/c1-36-14-12-30-27(35)31-13-15-37-22-16-20-18-32-25-8-4-2-6-23(25)28-10-11-29-24-7-3-5-9-26(24)33-19-21(17-22)34-20;24-9-12-30-19-13-17-15-27-22-7-3-1-5-20(22)25-10-11-26-21-6-2-4-8-23(21)28-16-18(14-19)29-17;1-2-3;;;;;;/h16-17,23-26,28-29,32-33H,2-15,18-19H2,1H3,(H2,30,31,35);13-14,20-23,25-28H,1-12,15-16,24H2;1H2;4*1H;;/q;;;;;;;2*+2/p-4/t23-,24-,25-,26-;20-,21-,22-,23-;;;;;;;/m11......./s1. The second-order valence-corrected chi connectivity index (χ2v) is 26.1. The Labute approximate surface area is 493 Å². The van der Waals surface area contributed by atoms with Crippen LogP contribution in [0.4, 0.5) is 4.79 Å². The zero-order valence-electron chi connectivity index (χ0n) is 44.6. The molecule has 0 unspecified atom stereocenters. The molecular formula is C52H89Cl4Mn2N13O3S2. The van der Waals surface area contributed by atoms with Crippen LogP contribution >= 0.6 is 63.9 Å². The summed E-state index contributed by atoms with van der Waals surface area (Å²) in [5.41, 5.74) is 10.3. The van der Waals surface area contributed by atoms with Gasteiger partial charge in [0.15, 0.2) is 0 Å². The van der Waals surface area contributed by atoms with E-state index in [1.165, 1.54) is 118 Å². The summed E-state index contributed by atoms with van der Waals surface area (Å²) in [5.74, 6) is 3.01. The number of methoxy groups -OCH3 is 1. The van der Waals surface area contributed by atoms with E-state index in [1.807, 2.05) is 11.8 Å². The van der Waals surface area contributed by atoms with Gasteiger partial charge in [0.25, 0.3) is 0 Å². The number of rotatable bonds is 10. The third kappa shape index (κ3) is 28.0. The Bertz CT molecular complexity index is 1800. The number of thioether (sulfide) groups is 2. The first-order chi connectivity index (χ1) is 37.3. The average Bonchev–Trinajstić information content (AvgIpc) is 3.44. The van der Waals surface area contributed by atoms with Gasteiger partial charge in [-0.2, -0.15) is 0 Å². The molecule has 4 aliphatic carbocycles. The molecule has 0 spiro atoms. The maximum absolute atomic E-state index is 11.9. The summed E-state index contributed by atoms with van der Waals surface area (Å²) in [6.07, 6.45) is 20.5. The van der Waals surface area contributed by atoms with E-state index >= 15 is 0 Å². The van der Waals surface area contributed by atoms with Crippen molar-refractivity contribution in [2.24, 2.45) is 5.73 Å². The van der Waals surface area contributed by atoms with E-state index in [0.29, 0.717) is 74.6 Å². The number of carbonyl (C=O) groups excluding carboxylic acids is 2. The van der Waals surface area contributed by atoms with Crippen LogP contribution in [0.1, 0.15) is 126 Å². The van der Waals surface area contributed by atoms with Crippen LogP contribution in [-0.2, 0) is 62.0 Å². The Balaban J connectivity index is 0.000000288. The summed E-state index contributed by atoms with van der Waals surface area (Å²) in [6, 6.07) is 13.0. The van der Waals surface area contributed by atoms with Crippen molar-refractivity contribution in [3.8, 4) is 0 Å². The van der Waals surface area contributed by atoms with Crippen molar-refractivity contribution in [3.63, 3.8) is 0 Å². The number of nitrogens with two attached hydrogens (primary N) is 1. The molecule has 24 heteroatoms. The van der Waals surface area contributed by atoms with E-state index in [1.54, 1.807) is 18.9 Å². The van der Waals surface area contributed by atoms with E-state index in [4.69, 9.17) is 65.6 Å². The number of halogens is 4. The van der Waals surface area contributed by atoms with Crippen LogP contribution in [0.15, 0.2) is 40.6 Å². The van der Waals surface area contributed by atoms with Gasteiger partial charge in [0.2, 0.25) is 0 Å². The molecule has 4 bridgehead atoms. The van der Waals surface area contributed by atoms with Crippen molar-refractivity contribution in [2.75, 3.05) is 71.0 Å². The third-order valence-corrected chi connectivity index (χ3v) is 16.6. The van der Waals surface area contributed by atoms with Crippen molar-refractivity contribution in [1.82, 2.24) is 63.1 Å². The van der Waals surface area contributed by atoms with Gasteiger partial charge in [0.1, 0.15) is 5.94 Å². The van der Waals surface area contributed by atoms with Gasteiger partial charge in [0.05, 0.1) is 29.4 Å².